The Kier molecular flexibility index (Phi) is 5.81. The van der Waals surface area contributed by atoms with Crippen molar-refractivity contribution < 1.29 is 19.8 Å². The van der Waals surface area contributed by atoms with Gasteiger partial charge in [-0.25, -0.2) is 9.97 Å². The van der Waals surface area contributed by atoms with Gasteiger partial charge in [0.25, 0.3) is 0 Å². The second-order valence-corrected chi connectivity index (χ2v) is 8.46. The number of piperidine rings is 1. The Hall–Kier alpha value is -2.80. The molecule has 0 amide bonds. The van der Waals surface area contributed by atoms with Crippen molar-refractivity contribution in [2.24, 2.45) is 5.92 Å². The number of carboxylic acids is 2. The van der Waals surface area contributed by atoms with E-state index in [9.17, 15) is 9.59 Å². The topological polar surface area (TPSA) is 104 Å². The molecule has 1 atom stereocenters. The van der Waals surface area contributed by atoms with Crippen LogP contribution in [0.1, 0.15) is 43.4 Å². The summed E-state index contributed by atoms with van der Waals surface area (Å²) in [7, 11) is 0. The number of hydrogen-bond acceptors (Lipinski definition) is 5. The Morgan fingerprint density at radius 2 is 1.90 bits per heavy atom. The van der Waals surface area contributed by atoms with E-state index in [0.29, 0.717) is 13.0 Å². The molecule has 1 aliphatic carbocycles. The molecule has 1 aromatic carbocycles. The van der Waals surface area contributed by atoms with Crippen molar-refractivity contribution in [2.75, 3.05) is 19.6 Å². The van der Waals surface area contributed by atoms with Crippen LogP contribution in [0.5, 0.6) is 0 Å². The second kappa shape index (κ2) is 8.52. The zero-order chi connectivity index (χ0) is 21.1. The average Bonchev–Trinajstić information content (AvgIpc) is 3.08. The van der Waals surface area contributed by atoms with Gasteiger partial charge in [0, 0.05) is 23.7 Å². The van der Waals surface area contributed by atoms with Gasteiger partial charge < -0.3 is 15.1 Å². The quantitative estimate of drug-likeness (QED) is 0.678. The van der Waals surface area contributed by atoms with E-state index >= 15 is 0 Å². The van der Waals surface area contributed by atoms with Crippen LogP contribution in [0.25, 0.3) is 11.4 Å². The molecule has 4 rings (SSSR count). The summed E-state index contributed by atoms with van der Waals surface area (Å²) in [5.41, 5.74) is 3.42. The van der Waals surface area contributed by atoms with E-state index in [0.717, 1.165) is 55.9 Å². The van der Waals surface area contributed by atoms with Crippen molar-refractivity contribution in [3.05, 3.63) is 47.8 Å². The highest BCUT2D eigenvalue weighted by Gasteiger charge is 2.43. The van der Waals surface area contributed by atoms with Crippen molar-refractivity contribution in [3.63, 3.8) is 0 Å². The number of carbonyl (C=O) groups is 2. The van der Waals surface area contributed by atoms with Gasteiger partial charge >= 0.3 is 11.9 Å². The summed E-state index contributed by atoms with van der Waals surface area (Å²) < 4.78 is 0. The fourth-order valence-corrected chi connectivity index (χ4v) is 4.95. The third-order valence-corrected chi connectivity index (χ3v) is 6.49. The molecular weight excluding hydrogens is 382 g/mol. The molecule has 1 aliphatic heterocycles. The lowest BCUT2D eigenvalue weighted by atomic mass is 9.77. The number of likely N-dealkylation sites (tertiary alicyclic amines) is 1. The predicted octanol–water partition coefficient (Wildman–Crippen LogP) is 2.99. The summed E-state index contributed by atoms with van der Waals surface area (Å²) in [5.74, 6) is -3.07. The molecule has 158 valence electrons. The van der Waals surface area contributed by atoms with Crippen molar-refractivity contribution in [1.82, 2.24) is 14.9 Å². The first-order valence-electron chi connectivity index (χ1n) is 10.6. The van der Waals surface area contributed by atoms with Crippen molar-refractivity contribution in [2.45, 2.75) is 43.9 Å². The lowest BCUT2D eigenvalue weighted by Crippen LogP contribution is -2.45. The summed E-state index contributed by atoms with van der Waals surface area (Å²) in [6.45, 7) is 2.55. The Balaban J connectivity index is 1.47. The summed E-state index contributed by atoms with van der Waals surface area (Å²) in [5, 5.41) is 18.1. The van der Waals surface area contributed by atoms with Crippen LogP contribution in [0.4, 0.5) is 0 Å². The molecule has 7 nitrogen and oxygen atoms in total. The summed E-state index contributed by atoms with van der Waals surface area (Å²) in [6, 6.07) is 10.0. The number of nitrogens with zero attached hydrogens (tertiary/aromatic N) is 3. The van der Waals surface area contributed by atoms with Crippen molar-refractivity contribution >= 4 is 11.9 Å². The number of hydrogen-bond donors (Lipinski definition) is 2. The fourth-order valence-electron chi connectivity index (χ4n) is 4.95. The first-order chi connectivity index (χ1) is 14.5. The van der Waals surface area contributed by atoms with Crippen LogP contribution in [-0.4, -0.2) is 56.7 Å². The lowest BCUT2D eigenvalue weighted by Gasteiger charge is -2.40. The Bertz CT molecular complexity index is 915. The van der Waals surface area contributed by atoms with Gasteiger partial charge in [-0.2, -0.15) is 0 Å². The average molecular weight is 409 g/mol. The van der Waals surface area contributed by atoms with E-state index in [4.69, 9.17) is 15.2 Å². The van der Waals surface area contributed by atoms with E-state index in [-0.39, 0.29) is 11.8 Å². The molecule has 1 spiro atoms. The van der Waals surface area contributed by atoms with Crippen LogP contribution in [0.2, 0.25) is 0 Å². The lowest BCUT2D eigenvalue weighted by molar-refractivity contribution is -0.154. The van der Waals surface area contributed by atoms with Gasteiger partial charge in [0.1, 0.15) is 0 Å². The minimum Gasteiger partial charge on any atom is -0.481 e. The van der Waals surface area contributed by atoms with Crippen LogP contribution in [0.15, 0.2) is 36.5 Å². The molecule has 7 heteroatoms. The maximum atomic E-state index is 11.1. The van der Waals surface area contributed by atoms with Crippen LogP contribution in [0, 0.1) is 5.92 Å². The highest BCUT2D eigenvalue weighted by Crippen LogP contribution is 2.44. The number of carboxylic acid groups (broad SMARTS) is 2. The maximum Gasteiger partial charge on any atom is 0.317 e. The summed E-state index contributed by atoms with van der Waals surface area (Å²) in [6.07, 6.45) is 6.88. The molecule has 30 heavy (non-hydrogen) atoms. The van der Waals surface area contributed by atoms with Gasteiger partial charge in [0.05, 0.1) is 5.69 Å². The number of aliphatic carboxylic acids is 2. The minimum atomic E-state index is -1.32. The van der Waals surface area contributed by atoms with Crippen molar-refractivity contribution in [1.29, 1.82) is 0 Å². The molecule has 1 fully saturated rings. The van der Waals surface area contributed by atoms with Gasteiger partial charge in [-0.3, -0.25) is 9.59 Å². The van der Waals surface area contributed by atoms with Gasteiger partial charge in [-0.05, 0) is 57.2 Å². The first kappa shape index (κ1) is 20.5. The molecule has 2 aromatic rings. The van der Waals surface area contributed by atoms with E-state index in [2.05, 4.69) is 9.88 Å². The molecule has 1 saturated heterocycles. The molecular formula is C23H27N3O4. The predicted molar refractivity (Wildman–Crippen MR) is 111 cm³/mol. The fraction of sp³-hybridized carbons (Fsp3) is 0.478. The third-order valence-electron chi connectivity index (χ3n) is 6.49. The Morgan fingerprint density at radius 1 is 1.13 bits per heavy atom. The SMILES string of the molecule is O=C(O)C(CCCN1CCCC2(CCc3cnc(-c4ccccc4)nc32)C1)C(=O)O. The van der Waals surface area contributed by atoms with Gasteiger partial charge in [0.15, 0.2) is 11.7 Å². The molecule has 0 bridgehead atoms. The van der Waals surface area contributed by atoms with E-state index < -0.39 is 17.9 Å². The molecule has 0 radical (unpaired) electrons. The van der Waals surface area contributed by atoms with Gasteiger partial charge in [-0.1, -0.05) is 30.3 Å². The third kappa shape index (κ3) is 4.07. The standard InChI is InChI=1S/C23H27N3O4/c27-21(28)18(22(29)30)8-4-12-26-13-5-10-23(15-26)11-9-17-14-24-20(25-19(17)23)16-6-2-1-3-7-16/h1-3,6-7,14,18H,4-5,8-13,15H2,(H,27,28)(H,29,30). The van der Waals surface area contributed by atoms with Gasteiger partial charge in [-0.15, -0.1) is 0 Å². The van der Waals surface area contributed by atoms with Crippen LogP contribution < -0.4 is 0 Å². The molecule has 2 heterocycles. The zero-order valence-electron chi connectivity index (χ0n) is 17.0. The van der Waals surface area contributed by atoms with Crippen LogP contribution in [-0.2, 0) is 21.4 Å². The number of fused-ring (bicyclic) bond motifs is 2. The second-order valence-electron chi connectivity index (χ2n) is 8.46. The summed E-state index contributed by atoms with van der Waals surface area (Å²) >= 11 is 0. The molecule has 1 unspecified atom stereocenters. The molecule has 2 aliphatic rings. The first-order valence-corrected chi connectivity index (χ1v) is 10.6. The Morgan fingerprint density at radius 3 is 2.63 bits per heavy atom. The van der Waals surface area contributed by atoms with E-state index in [1.54, 1.807) is 0 Å². The maximum absolute atomic E-state index is 11.1. The van der Waals surface area contributed by atoms with Crippen LogP contribution in [0.3, 0.4) is 0 Å². The number of benzene rings is 1. The highest BCUT2D eigenvalue weighted by molar-refractivity contribution is 5.92. The highest BCUT2D eigenvalue weighted by atomic mass is 16.4. The minimum absolute atomic E-state index is 0.0129. The monoisotopic (exact) mass is 409 g/mol. The van der Waals surface area contributed by atoms with Crippen molar-refractivity contribution in [3.8, 4) is 11.4 Å². The largest absolute Gasteiger partial charge is 0.481 e. The molecule has 1 aromatic heterocycles. The zero-order valence-corrected chi connectivity index (χ0v) is 17.0. The number of aromatic nitrogens is 2. The van der Waals surface area contributed by atoms with Crippen LogP contribution >= 0.6 is 0 Å². The van der Waals surface area contributed by atoms with E-state index in [1.807, 2.05) is 36.5 Å². The summed E-state index contributed by atoms with van der Waals surface area (Å²) in [4.78, 5) is 34.1. The molecule has 0 saturated carbocycles. The molecule has 2 N–H and O–H groups in total. The normalized spacial score (nSPS) is 21.1. The number of rotatable bonds is 7. The number of aryl methyl sites for hydroxylation is 1. The Labute approximate surface area is 175 Å². The van der Waals surface area contributed by atoms with E-state index in [1.165, 1.54) is 5.56 Å². The smallest absolute Gasteiger partial charge is 0.317 e. The van der Waals surface area contributed by atoms with Gasteiger partial charge in [0.2, 0.25) is 0 Å².